The van der Waals surface area contributed by atoms with E-state index < -0.39 is 5.97 Å². The molecule has 1 N–H and O–H groups in total. The lowest BCUT2D eigenvalue weighted by molar-refractivity contribution is -0.128. The third kappa shape index (κ3) is 4.94. The van der Waals surface area contributed by atoms with Crippen molar-refractivity contribution in [3.8, 4) is 0 Å². The molecule has 0 fully saturated rings. The molecule has 0 radical (unpaired) electrons. The summed E-state index contributed by atoms with van der Waals surface area (Å²) < 4.78 is 0. The molecule has 0 heterocycles. The first-order valence-electron chi connectivity index (χ1n) is 2.07. The maximum absolute atomic E-state index is 9.73. The van der Waals surface area contributed by atoms with Gasteiger partial charge in [0.25, 0.3) is 0 Å². The molecule has 0 saturated carbocycles. The van der Waals surface area contributed by atoms with E-state index in [4.69, 9.17) is 5.11 Å². The zero-order chi connectivity index (χ0) is 6.57. The summed E-state index contributed by atoms with van der Waals surface area (Å²) in [5.41, 5.74) is 0. The molecule has 0 aliphatic rings. The highest BCUT2D eigenvalue weighted by Crippen LogP contribution is 1.69. The molecule has 0 aromatic heterocycles. The summed E-state index contributed by atoms with van der Waals surface area (Å²) in [5, 5.41) is 12.8. The van der Waals surface area contributed by atoms with Crippen LogP contribution in [0.25, 0.3) is 0 Å². The molecule has 4 heteroatoms. The van der Waals surface area contributed by atoms with Crippen LogP contribution in [0.5, 0.6) is 0 Å². The van der Waals surface area contributed by atoms with E-state index in [1.807, 2.05) is 0 Å². The first-order valence-corrected chi connectivity index (χ1v) is 2.07. The minimum atomic E-state index is -1.03. The Hall–Kier alpha value is -1.06. The van der Waals surface area contributed by atoms with E-state index in [-0.39, 0.29) is 0 Å². The lowest BCUT2D eigenvalue weighted by atomic mass is 10.8. The Morgan fingerprint density at radius 3 is 2.38 bits per heavy atom. The summed E-state index contributed by atoms with van der Waals surface area (Å²) in [4.78, 5) is 9.73. The lowest BCUT2D eigenvalue weighted by Crippen LogP contribution is -2.05. The third-order valence-electron chi connectivity index (χ3n) is 0.399. The van der Waals surface area contributed by atoms with E-state index in [9.17, 15) is 4.79 Å². The van der Waals surface area contributed by atoms with Crippen molar-refractivity contribution in [2.45, 2.75) is 0 Å². The van der Waals surface area contributed by atoms with Crippen LogP contribution < -0.4 is 0 Å². The molecule has 46 valence electrons. The minimum absolute atomic E-state index is 0.833. The molecule has 8 heavy (non-hydrogen) atoms. The third-order valence-corrected chi connectivity index (χ3v) is 0.399. The number of carboxylic acid groups (broad SMARTS) is 1. The van der Waals surface area contributed by atoms with Gasteiger partial charge in [-0.25, -0.2) is 4.79 Å². The van der Waals surface area contributed by atoms with Gasteiger partial charge in [0.2, 0.25) is 0 Å². The Labute approximate surface area is 47.4 Å². The molecule has 0 atom stereocenters. The van der Waals surface area contributed by atoms with Crippen molar-refractivity contribution in [3.05, 3.63) is 0 Å². The average molecular weight is 116 g/mol. The van der Waals surface area contributed by atoms with Crippen LogP contribution in [-0.4, -0.2) is 36.4 Å². The molecular formula is C4H8N2O2. The molecule has 0 aromatic rings. The monoisotopic (exact) mass is 116 g/mol. The van der Waals surface area contributed by atoms with Crippen LogP contribution in [0.1, 0.15) is 0 Å². The molecule has 0 aliphatic heterocycles. The molecule has 0 unspecified atom stereocenters. The average Bonchev–Trinajstić information content (AvgIpc) is 1.61. The minimum Gasteiger partial charge on any atom is -0.477 e. The molecule has 0 aromatic carbocycles. The zero-order valence-electron chi connectivity index (χ0n) is 4.83. The molecule has 0 amide bonds. The Balaban J connectivity index is 3.50. The molecule has 0 spiro atoms. The topological polar surface area (TPSA) is 52.9 Å². The SMILES string of the molecule is CN(C)/N=C/C(=O)O. The van der Waals surface area contributed by atoms with Crippen LogP contribution in [0.4, 0.5) is 0 Å². The van der Waals surface area contributed by atoms with Gasteiger partial charge in [0, 0.05) is 14.1 Å². The summed E-state index contributed by atoms with van der Waals surface area (Å²) in [5.74, 6) is -1.03. The number of hydrogen-bond acceptors (Lipinski definition) is 3. The van der Waals surface area contributed by atoms with E-state index in [1.165, 1.54) is 5.01 Å². The highest BCUT2D eigenvalue weighted by atomic mass is 16.4. The molecule has 0 bridgehead atoms. The largest absolute Gasteiger partial charge is 0.477 e. The Morgan fingerprint density at radius 2 is 2.25 bits per heavy atom. The zero-order valence-corrected chi connectivity index (χ0v) is 4.83. The Bertz CT molecular complexity index is 109. The Kier molecular flexibility index (Phi) is 2.61. The van der Waals surface area contributed by atoms with Crippen LogP contribution >= 0.6 is 0 Å². The van der Waals surface area contributed by atoms with Crippen LogP contribution in [0.2, 0.25) is 0 Å². The smallest absolute Gasteiger partial charge is 0.348 e. The van der Waals surface area contributed by atoms with Crippen molar-refractivity contribution in [3.63, 3.8) is 0 Å². The van der Waals surface area contributed by atoms with Crippen LogP contribution in [-0.2, 0) is 4.79 Å². The number of carboxylic acids is 1. The number of rotatable bonds is 2. The van der Waals surface area contributed by atoms with Crippen molar-refractivity contribution < 1.29 is 9.90 Å². The van der Waals surface area contributed by atoms with Gasteiger partial charge in [-0.15, -0.1) is 0 Å². The van der Waals surface area contributed by atoms with Gasteiger partial charge in [0.15, 0.2) is 0 Å². The van der Waals surface area contributed by atoms with Crippen molar-refractivity contribution in [1.82, 2.24) is 5.01 Å². The summed E-state index contributed by atoms with van der Waals surface area (Å²) in [6.45, 7) is 0. The maximum atomic E-state index is 9.73. The fraction of sp³-hybridized carbons (Fsp3) is 0.500. The van der Waals surface area contributed by atoms with E-state index in [0.29, 0.717) is 0 Å². The van der Waals surface area contributed by atoms with Gasteiger partial charge in [0.1, 0.15) is 6.21 Å². The number of hydrogen-bond donors (Lipinski definition) is 1. The van der Waals surface area contributed by atoms with E-state index in [1.54, 1.807) is 14.1 Å². The predicted octanol–water partition coefficient (Wildman–Crippen LogP) is -0.382. The van der Waals surface area contributed by atoms with Crippen molar-refractivity contribution in [2.24, 2.45) is 5.10 Å². The second-order valence-corrected chi connectivity index (χ2v) is 1.43. The second-order valence-electron chi connectivity index (χ2n) is 1.43. The highest BCUT2D eigenvalue weighted by molar-refractivity contribution is 6.21. The summed E-state index contributed by atoms with van der Waals surface area (Å²) in [6, 6.07) is 0. The van der Waals surface area contributed by atoms with Crippen molar-refractivity contribution in [1.29, 1.82) is 0 Å². The molecular weight excluding hydrogens is 108 g/mol. The Morgan fingerprint density at radius 1 is 1.75 bits per heavy atom. The van der Waals surface area contributed by atoms with Crippen LogP contribution in [0.15, 0.2) is 5.10 Å². The van der Waals surface area contributed by atoms with Crippen molar-refractivity contribution in [2.75, 3.05) is 14.1 Å². The van der Waals surface area contributed by atoms with Crippen LogP contribution in [0.3, 0.4) is 0 Å². The fourth-order valence-corrected chi connectivity index (χ4v) is 0.165. The van der Waals surface area contributed by atoms with Gasteiger partial charge < -0.3 is 10.1 Å². The van der Waals surface area contributed by atoms with Gasteiger partial charge in [-0.2, -0.15) is 5.10 Å². The predicted molar refractivity (Wildman–Crippen MR) is 29.8 cm³/mol. The highest BCUT2D eigenvalue weighted by Gasteiger charge is 1.84. The first-order chi connectivity index (χ1) is 3.63. The number of aliphatic carboxylic acids is 1. The lowest BCUT2D eigenvalue weighted by Gasteiger charge is -1.99. The number of carbonyl (C=O) groups is 1. The van der Waals surface area contributed by atoms with E-state index in [0.717, 1.165) is 6.21 Å². The van der Waals surface area contributed by atoms with Gasteiger partial charge in [-0.05, 0) is 0 Å². The summed E-state index contributed by atoms with van der Waals surface area (Å²) in [6.07, 6.45) is 0.833. The molecule has 0 saturated heterocycles. The van der Waals surface area contributed by atoms with Crippen molar-refractivity contribution >= 4 is 12.2 Å². The van der Waals surface area contributed by atoms with E-state index in [2.05, 4.69) is 5.10 Å². The standard InChI is InChI=1S/C4H8N2O2/c1-6(2)5-3-4(7)8/h3H,1-2H3,(H,7,8)/b5-3+. The van der Waals surface area contributed by atoms with Crippen LogP contribution in [0, 0.1) is 0 Å². The quantitative estimate of drug-likeness (QED) is 0.395. The van der Waals surface area contributed by atoms with Gasteiger partial charge >= 0.3 is 5.97 Å². The normalized spacial score (nSPS) is 9.75. The number of nitrogens with zero attached hydrogens (tertiary/aromatic N) is 2. The molecule has 4 nitrogen and oxygen atoms in total. The summed E-state index contributed by atoms with van der Waals surface area (Å²) in [7, 11) is 3.30. The first kappa shape index (κ1) is 6.94. The molecule has 0 rings (SSSR count). The van der Waals surface area contributed by atoms with E-state index >= 15 is 0 Å². The van der Waals surface area contributed by atoms with Gasteiger partial charge in [-0.3, -0.25) is 0 Å². The van der Waals surface area contributed by atoms with Gasteiger partial charge in [0.05, 0.1) is 0 Å². The van der Waals surface area contributed by atoms with Gasteiger partial charge in [-0.1, -0.05) is 0 Å². The second kappa shape index (κ2) is 3.01. The summed E-state index contributed by atoms with van der Waals surface area (Å²) >= 11 is 0. The molecule has 0 aliphatic carbocycles. The fourth-order valence-electron chi connectivity index (χ4n) is 0.165. The number of hydrazone groups is 1. The maximum Gasteiger partial charge on any atom is 0.348 e.